The molecule has 0 unspecified atom stereocenters. The topological polar surface area (TPSA) is 78.1 Å². The first-order valence-electron chi connectivity index (χ1n) is 9.65. The first-order valence-corrected chi connectivity index (χ1v) is 9.65. The van der Waals surface area contributed by atoms with E-state index in [0.29, 0.717) is 18.7 Å². The van der Waals surface area contributed by atoms with Crippen molar-refractivity contribution in [1.82, 2.24) is 20.4 Å². The van der Waals surface area contributed by atoms with Crippen molar-refractivity contribution in [2.24, 2.45) is 5.41 Å². The molecule has 0 spiro atoms. The number of amides is 2. The molecule has 6 heteroatoms. The predicted octanol–water partition coefficient (Wildman–Crippen LogP) is 2.86. The summed E-state index contributed by atoms with van der Waals surface area (Å²) in [4.78, 5) is 27.2. The average molecular weight is 354 g/mol. The molecule has 2 amide bonds. The summed E-state index contributed by atoms with van der Waals surface area (Å²) in [5, 5.41) is 11.1. The van der Waals surface area contributed by atoms with Gasteiger partial charge in [0.1, 0.15) is 0 Å². The Bertz CT molecular complexity index is 830. The third kappa shape index (κ3) is 2.77. The smallest absolute Gasteiger partial charge is 0.272 e. The van der Waals surface area contributed by atoms with Gasteiger partial charge in [0.25, 0.3) is 5.91 Å². The highest BCUT2D eigenvalue weighted by molar-refractivity contribution is 6.04. The number of hydrogen-bond acceptors (Lipinski definition) is 3. The highest BCUT2D eigenvalue weighted by atomic mass is 16.2. The van der Waals surface area contributed by atoms with Crippen LogP contribution in [0, 0.1) is 5.41 Å². The molecule has 2 aliphatic rings. The van der Waals surface area contributed by atoms with Crippen LogP contribution in [0.15, 0.2) is 24.3 Å². The van der Waals surface area contributed by atoms with Crippen LogP contribution >= 0.6 is 0 Å². The quantitative estimate of drug-likeness (QED) is 0.867. The fraction of sp³-hybridized carbons (Fsp3) is 0.550. The molecular formula is C20H26N4O2. The zero-order chi connectivity index (χ0) is 18.1. The molecule has 1 aliphatic carbocycles. The number of fused-ring (bicyclic) bond motifs is 2. The molecule has 2 fully saturated rings. The van der Waals surface area contributed by atoms with E-state index in [2.05, 4.69) is 27.3 Å². The van der Waals surface area contributed by atoms with Crippen molar-refractivity contribution >= 4 is 22.7 Å². The van der Waals surface area contributed by atoms with Gasteiger partial charge in [-0.25, -0.2) is 0 Å². The fourth-order valence-corrected chi connectivity index (χ4v) is 4.86. The van der Waals surface area contributed by atoms with Crippen LogP contribution in [0.3, 0.4) is 0 Å². The molecule has 2 atom stereocenters. The standard InChI is InChI=1S/C20H26N4O2/c1-2-12-24-16-8-5-10-20(16,11-9-17(24)25)13-21-19(26)18-14-6-3-4-7-15(14)22-23-18/h3-4,6-7,16H,2,5,8-13H2,1H3,(H,21,26)(H,22,23)/t16-,20+/m1/s1. The Kier molecular flexibility index (Phi) is 4.42. The molecular weight excluding hydrogens is 328 g/mol. The number of carbonyl (C=O) groups excluding carboxylic acids is 2. The van der Waals surface area contributed by atoms with Gasteiger partial charge in [0.2, 0.25) is 5.91 Å². The monoisotopic (exact) mass is 354 g/mol. The van der Waals surface area contributed by atoms with Crippen molar-refractivity contribution in [1.29, 1.82) is 0 Å². The van der Waals surface area contributed by atoms with Gasteiger partial charge in [-0.2, -0.15) is 5.10 Å². The third-order valence-electron chi connectivity index (χ3n) is 6.14. The summed E-state index contributed by atoms with van der Waals surface area (Å²) in [6.07, 6.45) is 5.69. The Morgan fingerprint density at radius 2 is 2.23 bits per heavy atom. The van der Waals surface area contributed by atoms with E-state index in [-0.39, 0.29) is 23.3 Å². The molecule has 1 saturated carbocycles. The molecule has 1 aromatic carbocycles. The number of benzene rings is 1. The van der Waals surface area contributed by atoms with Crippen molar-refractivity contribution in [3.63, 3.8) is 0 Å². The Balaban J connectivity index is 1.51. The molecule has 1 aliphatic heterocycles. The van der Waals surface area contributed by atoms with Crippen molar-refractivity contribution in [2.75, 3.05) is 13.1 Å². The number of nitrogens with zero attached hydrogens (tertiary/aromatic N) is 2. The zero-order valence-electron chi connectivity index (χ0n) is 15.3. The largest absolute Gasteiger partial charge is 0.350 e. The normalized spacial score (nSPS) is 25.5. The number of piperidine rings is 1. The van der Waals surface area contributed by atoms with Gasteiger partial charge in [-0.05, 0) is 31.7 Å². The third-order valence-corrected chi connectivity index (χ3v) is 6.14. The SMILES string of the molecule is CCCN1C(=O)CC[C@]2(CNC(=O)c3n[nH]c4ccccc34)CCC[C@@H]12. The number of H-pyrrole nitrogens is 1. The van der Waals surface area contributed by atoms with E-state index in [9.17, 15) is 9.59 Å². The lowest BCUT2D eigenvalue weighted by Gasteiger charge is -2.46. The minimum atomic E-state index is -0.138. The maximum atomic E-state index is 12.7. The number of aromatic amines is 1. The van der Waals surface area contributed by atoms with E-state index in [0.717, 1.165) is 49.6 Å². The Morgan fingerprint density at radius 1 is 1.38 bits per heavy atom. The van der Waals surface area contributed by atoms with E-state index >= 15 is 0 Å². The van der Waals surface area contributed by atoms with Crippen LogP contribution in [0.5, 0.6) is 0 Å². The van der Waals surface area contributed by atoms with E-state index in [1.165, 1.54) is 0 Å². The van der Waals surface area contributed by atoms with Gasteiger partial charge < -0.3 is 10.2 Å². The van der Waals surface area contributed by atoms with Crippen molar-refractivity contribution in [2.45, 2.75) is 51.5 Å². The summed E-state index contributed by atoms with van der Waals surface area (Å²) in [7, 11) is 0. The lowest BCUT2D eigenvalue weighted by Crippen LogP contribution is -2.56. The molecule has 0 bridgehead atoms. The van der Waals surface area contributed by atoms with Gasteiger partial charge >= 0.3 is 0 Å². The van der Waals surface area contributed by atoms with E-state index < -0.39 is 0 Å². The summed E-state index contributed by atoms with van der Waals surface area (Å²) < 4.78 is 0. The van der Waals surface area contributed by atoms with Crippen molar-refractivity contribution in [3.05, 3.63) is 30.0 Å². The van der Waals surface area contributed by atoms with Crippen molar-refractivity contribution in [3.8, 4) is 0 Å². The molecule has 138 valence electrons. The number of hydrogen-bond donors (Lipinski definition) is 2. The van der Waals surface area contributed by atoms with Gasteiger partial charge in [0.15, 0.2) is 5.69 Å². The van der Waals surface area contributed by atoms with Crippen molar-refractivity contribution < 1.29 is 9.59 Å². The average Bonchev–Trinajstić information content (AvgIpc) is 3.27. The summed E-state index contributed by atoms with van der Waals surface area (Å²) in [5.74, 6) is 0.139. The molecule has 2 heterocycles. The predicted molar refractivity (Wildman–Crippen MR) is 99.7 cm³/mol. The number of para-hydroxylation sites is 1. The highest BCUT2D eigenvalue weighted by Gasteiger charge is 2.50. The van der Waals surface area contributed by atoms with E-state index in [1.807, 2.05) is 24.3 Å². The number of nitrogens with one attached hydrogen (secondary N) is 2. The second kappa shape index (κ2) is 6.74. The Labute approximate surface area is 153 Å². The molecule has 0 radical (unpaired) electrons. The van der Waals surface area contributed by atoms with Crippen LogP contribution in [0.2, 0.25) is 0 Å². The number of likely N-dealkylation sites (tertiary alicyclic amines) is 1. The van der Waals surface area contributed by atoms with Crippen LogP contribution < -0.4 is 5.32 Å². The first-order chi connectivity index (χ1) is 12.6. The van der Waals surface area contributed by atoms with Gasteiger partial charge in [-0.3, -0.25) is 14.7 Å². The van der Waals surface area contributed by atoms with Crippen LogP contribution in [0.1, 0.15) is 55.9 Å². The van der Waals surface area contributed by atoms with Crippen LogP contribution in [0.25, 0.3) is 10.9 Å². The minimum Gasteiger partial charge on any atom is -0.350 e. The summed E-state index contributed by atoms with van der Waals surface area (Å²) >= 11 is 0. The molecule has 2 N–H and O–H groups in total. The Hall–Kier alpha value is -2.37. The van der Waals surface area contributed by atoms with Crippen LogP contribution in [-0.2, 0) is 4.79 Å². The molecule has 26 heavy (non-hydrogen) atoms. The molecule has 2 aromatic rings. The van der Waals surface area contributed by atoms with E-state index in [1.54, 1.807) is 0 Å². The molecule has 1 aromatic heterocycles. The summed E-state index contributed by atoms with van der Waals surface area (Å²) in [5.41, 5.74) is 1.33. The number of carbonyl (C=O) groups is 2. The van der Waals surface area contributed by atoms with E-state index in [4.69, 9.17) is 0 Å². The number of rotatable bonds is 5. The fourth-order valence-electron chi connectivity index (χ4n) is 4.86. The first kappa shape index (κ1) is 17.1. The van der Waals surface area contributed by atoms with Gasteiger partial charge in [0.05, 0.1) is 5.52 Å². The zero-order valence-corrected chi connectivity index (χ0v) is 15.3. The summed E-state index contributed by atoms with van der Waals surface area (Å²) in [6, 6.07) is 7.92. The lowest BCUT2D eigenvalue weighted by molar-refractivity contribution is -0.141. The molecule has 6 nitrogen and oxygen atoms in total. The van der Waals surface area contributed by atoms with Crippen LogP contribution in [-0.4, -0.2) is 46.0 Å². The summed E-state index contributed by atoms with van der Waals surface area (Å²) in [6.45, 7) is 3.55. The second-order valence-corrected chi connectivity index (χ2v) is 7.66. The molecule has 1 saturated heterocycles. The van der Waals surface area contributed by atoms with Gasteiger partial charge in [-0.1, -0.05) is 31.5 Å². The molecule has 4 rings (SSSR count). The lowest BCUT2D eigenvalue weighted by atomic mass is 9.74. The minimum absolute atomic E-state index is 0.0187. The maximum Gasteiger partial charge on any atom is 0.272 e. The second-order valence-electron chi connectivity index (χ2n) is 7.66. The Morgan fingerprint density at radius 3 is 3.08 bits per heavy atom. The highest BCUT2D eigenvalue weighted by Crippen LogP contribution is 2.47. The number of aromatic nitrogens is 2. The maximum absolute atomic E-state index is 12.7. The van der Waals surface area contributed by atoms with Gasteiger partial charge in [0, 0.05) is 36.4 Å². The van der Waals surface area contributed by atoms with Crippen LogP contribution in [0.4, 0.5) is 0 Å². The van der Waals surface area contributed by atoms with Gasteiger partial charge in [-0.15, -0.1) is 0 Å².